The highest BCUT2D eigenvalue weighted by Crippen LogP contribution is 2.42. The zero-order valence-corrected chi connectivity index (χ0v) is 10.2. The van der Waals surface area contributed by atoms with Gasteiger partial charge in [0.2, 0.25) is 11.8 Å². The third-order valence-corrected chi connectivity index (χ3v) is 3.42. The van der Waals surface area contributed by atoms with Crippen molar-refractivity contribution in [3.8, 4) is 0 Å². The summed E-state index contributed by atoms with van der Waals surface area (Å²) in [6.45, 7) is 2.32. The molecule has 0 aromatic carbocycles. The molecular weight excluding hydrogens is 238 g/mol. The van der Waals surface area contributed by atoms with Gasteiger partial charge < -0.3 is 4.74 Å². The fourth-order valence-corrected chi connectivity index (χ4v) is 2.49. The van der Waals surface area contributed by atoms with Gasteiger partial charge in [0.15, 0.2) is 0 Å². The molecule has 0 saturated carbocycles. The van der Waals surface area contributed by atoms with Crippen molar-refractivity contribution < 1.29 is 23.9 Å². The minimum absolute atomic E-state index is 0.0591. The van der Waals surface area contributed by atoms with Crippen LogP contribution in [0.2, 0.25) is 0 Å². The van der Waals surface area contributed by atoms with Crippen LogP contribution in [0.3, 0.4) is 0 Å². The Hall–Kier alpha value is -1.72. The summed E-state index contributed by atoms with van der Waals surface area (Å²) >= 11 is 0. The van der Waals surface area contributed by atoms with E-state index >= 15 is 0 Å². The lowest BCUT2D eigenvalue weighted by atomic mass is 9.78. The predicted octanol–water partition coefficient (Wildman–Crippen LogP) is 0.395. The normalized spacial score (nSPS) is 22.8. The summed E-state index contributed by atoms with van der Waals surface area (Å²) < 4.78 is 4.41. The molecule has 2 rings (SSSR count). The molecular formula is C12H15NO5. The highest BCUT2D eigenvalue weighted by molar-refractivity contribution is 6.10. The zero-order chi connectivity index (χ0) is 13.3. The van der Waals surface area contributed by atoms with E-state index < -0.39 is 23.3 Å². The number of hydrogen-bond donors (Lipinski definition) is 0. The molecule has 0 N–H and O–H groups in total. The van der Waals surface area contributed by atoms with Crippen LogP contribution < -0.4 is 0 Å². The average molecular weight is 253 g/mol. The second kappa shape index (κ2) is 4.51. The number of hydrogen-bond acceptors (Lipinski definition) is 5. The second-order valence-electron chi connectivity index (χ2n) is 4.86. The van der Waals surface area contributed by atoms with Gasteiger partial charge in [0.05, 0.1) is 18.3 Å². The van der Waals surface area contributed by atoms with Crippen molar-refractivity contribution in [2.24, 2.45) is 5.41 Å². The fourth-order valence-electron chi connectivity index (χ4n) is 2.49. The van der Waals surface area contributed by atoms with Crippen molar-refractivity contribution >= 4 is 23.8 Å². The number of esters is 2. The van der Waals surface area contributed by atoms with E-state index in [4.69, 9.17) is 0 Å². The molecule has 0 bridgehead atoms. The molecule has 2 saturated heterocycles. The molecule has 0 atom stereocenters. The van der Waals surface area contributed by atoms with Gasteiger partial charge in [0.1, 0.15) is 0 Å². The Labute approximate surface area is 104 Å². The number of carbonyl (C=O) groups excluding carboxylic acids is 4. The maximum atomic E-state index is 12.2. The summed E-state index contributed by atoms with van der Waals surface area (Å²) in [4.78, 5) is 47.8. The van der Waals surface area contributed by atoms with E-state index in [1.54, 1.807) is 0 Å². The third-order valence-electron chi connectivity index (χ3n) is 3.42. The maximum absolute atomic E-state index is 12.2. The Kier molecular flexibility index (Phi) is 3.19. The van der Waals surface area contributed by atoms with Crippen LogP contribution in [0.5, 0.6) is 0 Å². The quantitative estimate of drug-likeness (QED) is 0.413. The lowest BCUT2D eigenvalue weighted by molar-refractivity contribution is -0.172. The van der Waals surface area contributed by atoms with Crippen LogP contribution in [0.15, 0.2) is 0 Å². The van der Waals surface area contributed by atoms with Gasteiger partial charge in [0.25, 0.3) is 0 Å². The number of ether oxygens (including phenoxy) is 1. The lowest BCUT2D eigenvalue weighted by Gasteiger charge is -2.28. The van der Waals surface area contributed by atoms with Crippen LogP contribution in [-0.4, -0.2) is 35.2 Å². The van der Waals surface area contributed by atoms with E-state index in [1.165, 1.54) is 4.90 Å². The van der Waals surface area contributed by atoms with Gasteiger partial charge >= 0.3 is 11.9 Å². The van der Waals surface area contributed by atoms with E-state index in [-0.39, 0.29) is 25.2 Å². The summed E-state index contributed by atoms with van der Waals surface area (Å²) in [5, 5.41) is 0. The van der Waals surface area contributed by atoms with Crippen LogP contribution in [-0.2, 0) is 23.9 Å². The van der Waals surface area contributed by atoms with Crippen LogP contribution in [0, 0.1) is 5.41 Å². The van der Waals surface area contributed by atoms with Crippen molar-refractivity contribution in [3.05, 3.63) is 0 Å². The van der Waals surface area contributed by atoms with Crippen molar-refractivity contribution in [1.82, 2.24) is 4.90 Å². The number of amides is 2. The highest BCUT2D eigenvalue weighted by atomic mass is 16.6. The zero-order valence-electron chi connectivity index (χ0n) is 10.2. The first kappa shape index (κ1) is 12.7. The fraction of sp³-hybridized carbons (Fsp3) is 0.667. The Bertz CT molecular complexity index is 412. The van der Waals surface area contributed by atoms with Crippen molar-refractivity contribution in [1.29, 1.82) is 0 Å². The van der Waals surface area contributed by atoms with E-state index in [9.17, 15) is 19.2 Å². The molecule has 1 spiro atoms. The molecule has 2 amide bonds. The standard InChI is InChI=1S/C12H15NO5/c1-2-3-4-13-8(14)5-12(11(13)17)6-9(15)18-10(16)7-12/h2-7H2,1H3. The second-order valence-corrected chi connectivity index (χ2v) is 4.86. The molecule has 0 aromatic rings. The topological polar surface area (TPSA) is 80.8 Å². The van der Waals surface area contributed by atoms with Gasteiger partial charge in [-0.25, -0.2) is 0 Å². The smallest absolute Gasteiger partial charge is 0.314 e. The summed E-state index contributed by atoms with van der Waals surface area (Å²) in [5.74, 6) is -2.13. The van der Waals surface area contributed by atoms with E-state index in [2.05, 4.69) is 4.74 Å². The molecule has 2 aliphatic heterocycles. The first-order valence-electron chi connectivity index (χ1n) is 6.07. The van der Waals surface area contributed by atoms with Gasteiger partial charge in [0, 0.05) is 13.0 Å². The number of cyclic esters (lactones) is 2. The Morgan fingerprint density at radius 3 is 2.28 bits per heavy atom. The van der Waals surface area contributed by atoms with Crippen molar-refractivity contribution in [2.75, 3.05) is 6.54 Å². The van der Waals surface area contributed by atoms with Crippen LogP contribution in [0.4, 0.5) is 0 Å². The predicted molar refractivity (Wildman–Crippen MR) is 59.0 cm³/mol. The number of carbonyl (C=O) groups is 4. The molecule has 18 heavy (non-hydrogen) atoms. The SMILES string of the molecule is CCCCN1C(=O)CC2(CC(=O)OC(=O)C2)C1=O. The summed E-state index contributed by atoms with van der Waals surface area (Å²) in [6.07, 6.45) is 1.19. The molecule has 0 radical (unpaired) electrons. The summed E-state index contributed by atoms with van der Waals surface area (Å²) in [6, 6.07) is 0. The van der Waals surface area contributed by atoms with E-state index in [0.29, 0.717) is 6.54 Å². The Morgan fingerprint density at radius 1 is 1.11 bits per heavy atom. The highest BCUT2D eigenvalue weighted by Gasteiger charge is 2.56. The molecule has 2 heterocycles. The number of rotatable bonds is 3. The first-order valence-corrected chi connectivity index (χ1v) is 6.07. The molecule has 0 unspecified atom stereocenters. The summed E-state index contributed by atoms with van der Waals surface area (Å²) in [5.41, 5.74) is -1.17. The molecule has 2 fully saturated rings. The molecule has 6 heteroatoms. The number of imide groups is 1. The molecule has 2 aliphatic rings. The lowest BCUT2D eigenvalue weighted by Crippen LogP contribution is -2.42. The molecule has 0 aromatic heterocycles. The van der Waals surface area contributed by atoms with Crippen molar-refractivity contribution in [2.45, 2.75) is 39.0 Å². The first-order chi connectivity index (χ1) is 8.48. The third kappa shape index (κ3) is 2.02. The van der Waals surface area contributed by atoms with Crippen LogP contribution in [0.25, 0.3) is 0 Å². The Balaban J connectivity index is 2.20. The van der Waals surface area contributed by atoms with E-state index in [1.807, 2.05) is 6.92 Å². The van der Waals surface area contributed by atoms with Gasteiger partial charge in [-0.3, -0.25) is 24.1 Å². The Morgan fingerprint density at radius 2 is 1.72 bits per heavy atom. The van der Waals surface area contributed by atoms with Gasteiger partial charge in [-0.05, 0) is 6.42 Å². The number of nitrogens with zero attached hydrogens (tertiary/aromatic N) is 1. The monoisotopic (exact) mass is 253 g/mol. The minimum Gasteiger partial charge on any atom is -0.393 e. The van der Waals surface area contributed by atoms with Gasteiger partial charge in [-0.2, -0.15) is 0 Å². The summed E-state index contributed by atoms with van der Waals surface area (Å²) in [7, 11) is 0. The van der Waals surface area contributed by atoms with Crippen molar-refractivity contribution in [3.63, 3.8) is 0 Å². The maximum Gasteiger partial charge on any atom is 0.314 e. The van der Waals surface area contributed by atoms with Crippen LogP contribution in [0.1, 0.15) is 39.0 Å². The van der Waals surface area contributed by atoms with Gasteiger partial charge in [-0.15, -0.1) is 0 Å². The largest absolute Gasteiger partial charge is 0.393 e. The molecule has 0 aliphatic carbocycles. The van der Waals surface area contributed by atoms with E-state index in [0.717, 1.165) is 12.8 Å². The average Bonchev–Trinajstić information content (AvgIpc) is 2.47. The number of unbranched alkanes of at least 4 members (excludes halogenated alkanes) is 1. The van der Waals surface area contributed by atoms with Gasteiger partial charge in [-0.1, -0.05) is 13.3 Å². The molecule has 6 nitrogen and oxygen atoms in total. The molecule has 98 valence electrons. The van der Waals surface area contributed by atoms with Crippen LogP contribution >= 0.6 is 0 Å². The minimum atomic E-state index is -1.17. The number of likely N-dealkylation sites (tertiary alicyclic amines) is 1.